The van der Waals surface area contributed by atoms with E-state index >= 15 is 0 Å². The van der Waals surface area contributed by atoms with Crippen LogP contribution in [-0.2, 0) is 5.60 Å². The molecule has 1 N–H and O–H groups in total. The summed E-state index contributed by atoms with van der Waals surface area (Å²) in [4.78, 5) is 4.19. The van der Waals surface area contributed by atoms with E-state index in [-0.39, 0.29) is 0 Å². The maximum absolute atomic E-state index is 11.0. The molecule has 3 nitrogen and oxygen atoms in total. The number of aliphatic hydroxyl groups is 1. The zero-order valence-corrected chi connectivity index (χ0v) is 12.0. The molecule has 0 spiro atoms. The summed E-state index contributed by atoms with van der Waals surface area (Å²) >= 11 is 0. The van der Waals surface area contributed by atoms with Crippen LogP contribution in [0.2, 0.25) is 0 Å². The lowest BCUT2D eigenvalue weighted by molar-refractivity contribution is 0.0758. The molecule has 0 aliphatic carbocycles. The lowest BCUT2D eigenvalue weighted by Crippen LogP contribution is -2.26. The molecule has 0 saturated carbocycles. The molecule has 1 atom stereocenters. The van der Waals surface area contributed by atoms with Crippen molar-refractivity contribution in [2.24, 2.45) is 0 Å². The number of hydrogen-bond acceptors (Lipinski definition) is 3. The third-order valence-corrected chi connectivity index (χ3v) is 3.43. The molecular weight excluding hydrogens is 250 g/mol. The molecule has 0 bridgehead atoms. The zero-order valence-electron chi connectivity index (χ0n) is 12.0. The molecule has 0 fully saturated rings. The van der Waals surface area contributed by atoms with Crippen molar-refractivity contribution in [2.75, 3.05) is 6.61 Å². The highest BCUT2D eigenvalue weighted by molar-refractivity contribution is 5.37. The largest absolute Gasteiger partial charge is 0.492 e. The Labute approximate surface area is 120 Å². The summed E-state index contributed by atoms with van der Waals surface area (Å²) in [6.45, 7) is 4.68. The van der Waals surface area contributed by atoms with E-state index in [1.807, 2.05) is 43.3 Å². The van der Waals surface area contributed by atoms with Gasteiger partial charge in [-0.1, -0.05) is 44.2 Å². The Kier molecular flexibility index (Phi) is 4.74. The normalized spacial score (nSPS) is 13.8. The minimum Gasteiger partial charge on any atom is -0.492 e. The van der Waals surface area contributed by atoms with Gasteiger partial charge in [-0.25, -0.2) is 0 Å². The van der Waals surface area contributed by atoms with Gasteiger partial charge in [0.1, 0.15) is 11.4 Å². The first-order chi connectivity index (χ1) is 9.70. The van der Waals surface area contributed by atoms with Crippen LogP contribution < -0.4 is 4.74 Å². The van der Waals surface area contributed by atoms with Crippen molar-refractivity contribution < 1.29 is 9.84 Å². The zero-order chi connectivity index (χ0) is 14.4. The van der Waals surface area contributed by atoms with Crippen LogP contribution in [0.3, 0.4) is 0 Å². The van der Waals surface area contributed by atoms with Gasteiger partial charge in [0.25, 0.3) is 0 Å². The molecule has 0 saturated heterocycles. The second kappa shape index (κ2) is 6.53. The quantitative estimate of drug-likeness (QED) is 0.874. The monoisotopic (exact) mass is 271 g/mol. The summed E-state index contributed by atoms with van der Waals surface area (Å²) in [6.07, 6.45) is 4.91. The predicted octanol–water partition coefficient (Wildman–Crippen LogP) is 3.52. The minimum absolute atomic E-state index is 0.579. The Morgan fingerprint density at radius 3 is 2.50 bits per heavy atom. The predicted molar refractivity (Wildman–Crippen MR) is 79.8 cm³/mol. The van der Waals surface area contributed by atoms with E-state index in [1.54, 1.807) is 12.4 Å². The first kappa shape index (κ1) is 14.5. The van der Waals surface area contributed by atoms with Crippen LogP contribution in [0.5, 0.6) is 5.75 Å². The fraction of sp³-hybridized carbons (Fsp3) is 0.353. The maximum atomic E-state index is 11.0. The lowest BCUT2D eigenvalue weighted by Gasteiger charge is -2.28. The molecule has 20 heavy (non-hydrogen) atoms. The Morgan fingerprint density at radius 2 is 1.85 bits per heavy atom. The van der Waals surface area contributed by atoms with Crippen LogP contribution >= 0.6 is 0 Å². The van der Waals surface area contributed by atoms with Gasteiger partial charge in [-0.15, -0.1) is 0 Å². The first-order valence-corrected chi connectivity index (χ1v) is 7.07. The van der Waals surface area contributed by atoms with Gasteiger partial charge in [0, 0.05) is 11.8 Å². The fourth-order valence-electron chi connectivity index (χ4n) is 2.23. The smallest absolute Gasteiger partial charge is 0.137 e. The van der Waals surface area contributed by atoms with Crippen molar-refractivity contribution in [3.8, 4) is 5.75 Å². The van der Waals surface area contributed by atoms with Crippen LogP contribution in [0, 0.1) is 0 Å². The van der Waals surface area contributed by atoms with Gasteiger partial charge in [-0.05, 0) is 24.5 Å². The summed E-state index contributed by atoms with van der Waals surface area (Å²) in [7, 11) is 0. The van der Waals surface area contributed by atoms with Gasteiger partial charge in [0.2, 0.25) is 0 Å². The SMILES string of the molecule is CCCOc1cncc(C(O)(CC)c2ccccc2)c1. The third-order valence-electron chi connectivity index (χ3n) is 3.43. The number of ether oxygens (including phenoxy) is 1. The van der Waals surface area contributed by atoms with Gasteiger partial charge in [-0.3, -0.25) is 4.98 Å². The van der Waals surface area contributed by atoms with Gasteiger partial charge >= 0.3 is 0 Å². The second-order valence-corrected chi connectivity index (χ2v) is 4.84. The molecule has 0 radical (unpaired) electrons. The highest BCUT2D eigenvalue weighted by Crippen LogP contribution is 2.33. The van der Waals surface area contributed by atoms with E-state index in [9.17, 15) is 5.11 Å². The molecular formula is C17H21NO2. The van der Waals surface area contributed by atoms with Gasteiger partial charge in [-0.2, -0.15) is 0 Å². The van der Waals surface area contributed by atoms with Crippen molar-refractivity contribution >= 4 is 0 Å². The molecule has 0 amide bonds. The van der Waals surface area contributed by atoms with Crippen molar-refractivity contribution in [1.82, 2.24) is 4.98 Å². The molecule has 0 aliphatic heterocycles. The van der Waals surface area contributed by atoms with Crippen molar-refractivity contribution in [2.45, 2.75) is 32.3 Å². The summed E-state index contributed by atoms with van der Waals surface area (Å²) in [5, 5.41) is 11.0. The van der Waals surface area contributed by atoms with Crippen molar-refractivity contribution in [1.29, 1.82) is 0 Å². The Balaban J connectivity index is 2.36. The molecule has 2 aromatic rings. The molecule has 3 heteroatoms. The molecule has 1 heterocycles. The van der Waals surface area contributed by atoms with Gasteiger partial charge in [0.05, 0.1) is 12.8 Å². The second-order valence-electron chi connectivity index (χ2n) is 4.84. The van der Waals surface area contributed by atoms with Crippen LogP contribution in [0.1, 0.15) is 37.8 Å². The maximum Gasteiger partial charge on any atom is 0.137 e. The van der Waals surface area contributed by atoms with Crippen LogP contribution in [0.4, 0.5) is 0 Å². The Morgan fingerprint density at radius 1 is 1.10 bits per heavy atom. The van der Waals surface area contributed by atoms with E-state index in [1.165, 1.54) is 0 Å². The van der Waals surface area contributed by atoms with Crippen molar-refractivity contribution in [3.63, 3.8) is 0 Å². The number of hydrogen-bond donors (Lipinski definition) is 1. The summed E-state index contributed by atoms with van der Waals surface area (Å²) in [6, 6.07) is 11.5. The number of rotatable bonds is 6. The summed E-state index contributed by atoms with van der Waals surface area (Å²) in [5.41, 5.74) is 0.608. The number of pyridine rings is 1. The standard InChI is InChI=1S/C17H21NO2/c1-3-10-20-16-11-15(12-18-13-16)17(19,4-2)14-8-6-5-7-9-14/h5-9,11-13,19H,3-4,10H2,1-2H3. The minimum atomic E-state index is -1.03. The summed E-state index contributed by atoms with van der Waals surface area (Å²) in [5.74, 6) is 0.701. The average molecular weight is 271 g/mol. The highest BCUT2D eigenvalue weighted by Gasteiger charge is 2.30. The summed E-state index contributed by atoms with van der Waals surface area (Å²) < 4.78 is 5.60. The van der Waals surface area contributed by atoms with E-state index in [4.69, 9.17) is 4.74 Å². The molecule has 1 unspecified atom stereocenters. The Hall–Kier alpha value is -1.87. The molecule has 0 aliphatic rings. The van der Waals surface area contributed by atoms with E-state index in [2.05, 4.69) is 11.9 Å². The molecule has 2 rings (SSSR count). The van der Waals surface area contributed by atoms with Gasteiger partial charge in [0.15, 0.2) is 0 Å². The first-order valence-electron chi connectivity index (χ1n) is 7.07. The fourth-order valence-corrected chi connectivity index (χ4v) is 2.23. The van der Waals surface area contributed by atoms with Gasteiger partial charge < -0.3 is 9.84 Å². The van der Waals surface area contributed by atoms with Crippen molar-refractivity contribution in [3.05, 3.63) is 59.9 Å². The number of benzene rings is 1. The van der Waals surface area contributed by atoms with Crippen LogP contribution in [-0.4, -0.2) is 16.7 Å². The topological polar surface area (TPSA) is 42.4 Å². The van der Waals surface area contributed by atoms with Crippen LogP contribution in [0.25, 0.3) is 0 Å². The van der Waals surface area contributed by atoms with E-state index in [0.29, 0.717) is 18.8 Å². The molecule has 106 valence electrons. The average Bonchev–Trinajstić information content (AvgIpc) is 2.53. The number of aromatic nitrogens is 1. The Bertz CT molecular complexity index is 542. The highest BCUT2D eigenvalue weighted by atomic mass is 16.5. The number of nitrogens with zero attached hydrogens (tertiary/aromatic N) is 1. The lowest BCUT2D eigenvalue weighted by atomic mass is 9.85. The molecule has 1 aromatic heterocycles. The van der Waals surface area contributed by atoms with E-state index in [0.717, 1.165) is 17.5 Å². The third kappa shape index (κ3) is 2.99. The van der Waals surface area contributed by atoms with E-state index < -0.39 is 5.60 Å². The van der Waals surface area contributed by atoms with Crippen LogP contribution in [0.15, 0.2) is 48.8 Å². The molecule has 1 aromatic carbocycles.